The molecule has 0 bridgehead atoms. The molecule has 2 aliphatic rings. The molecule has 154 valence electrons. The van der Waals surface area contributed by atoms with Crippen LogP contribution in [-0.2, 0) is 27.6 Å². The number of ether oxygens (including phenoxy) is 1. The minimum Gasteiger partial charge on any atom is -0.377 e. The van der Waals surface area contributed by atoms with E-state index in [2.05, 4.69) is 26.0 Å². The lowest BCUT2D eigenvalue weighted by atomic mass is 10.1. The van der Waals surface area contributed by atoms with Gasteiger partial charge in [-0.05, 0) is 89.5 Å². The molecule has 1 heterocycles. The van der Waals surface area contributed by atoms with E-state index >= 15 is 0 Å². The number of hydrogen-bond donors (Lipinski definition) is 2. The van der Waals surface area contributed by atoms with Crippen LogP contribution in [-0.4, -0.2) is 33.6 Å². The Hall–Kier alpha value is -1.74. The maximum atomic E-state index is 12.8. The van der Waals surface area contributed by atoms with E-state index in [9.17, 15) is 13.2 Å². The number of halogens is 1. The van der Waals surface area contributed by atoms with Crippen LogP contribution in [0.15, 0.2) is 45.8 Å². The lowest BCUT2D eigenvalue weighted by molar-refractivity contribution is 0.102. The highest BCUT2D eigenvalue weighted by atomic mass is 79.9. The Labute approximate surface area is 179 Å². The molecule has 0 saturated carbocycles. The minimum absolute atomic E-state index is 0.0535. The Kier molecular flexibility index (Phi) is 6.06. The SMILES string of the molecule is O=C(Nc1ccc2c(c1)CCC2)c1cc(S(=O)(=O)NC[C@H]2CCCO2)ccc1Br. The molecular formula is C21H23BrN2O4S. The number of amides is 1. The molecule has 0 radical (unpaired) electrons. The largest absolute Gasteiger partial charge is 0.377 e. The van der Waals surface area contributed by atoms with Crippen LogP contribution in [0.1, 0.15) is 40.7 Å². The zero-order valence-electron chi connectivity index (χ0n) is 15.9. The van der Waals surface area contributed by atoms with Gasteiger partial charge in [-0.2, -0.15) is 0 Å². The molecule has 1 aliphatic heterocycles. The molecule has 0 unspecified atom stereocenters. The minimum atomic E-state index is -3.73. The van der Waals surface area contributed by atoms with Crippen molar-refractivity contribution in [2.75, 3.05) is 18.5 Å². The van der Waals surface area contributed by atoms with Crippen molar-refractivity contribution >= 4 is 37.5 Å². The number of aryl methyl sites for hydroxylation is 2. The lowest BCUT2D eigenvalue weighted by Gasteiger charge is -2.13. The standard InChI is InChI=1S/C21H23BrN2O4S/c22-20-9-8-18(29(26,27)23-13-17-5-2-10-28-17)12-19(20)21(25)24-16-7-6-14-3-1-4-15(14)11-16/h6-9,11-12,17,23H,1-5,10,13H2,(H,24,25)/t17-/m1/s1. The van der Waals surface area contributed by atoms with E-state index in [1.54, 1.807) is 6.07 Å². The predicted molar refractivity (Wildman–Crippen MR) is 115 cm³/mol. The fourth-order valence-electron chi connectivity index (χ4n) is 3.78. The van der Waals surface area contributed by atoms with E-state index < -0.39 is 10.0 Å². The number of anilines is 1. The number of carbonyl (C=O) groups excluding carboxylic acids is 1. The summed E-state index contributed by atoms with van der Waals surface area (Å²) in [6.45, 7) is 0.896. The second kappa shape index (κ2) is 8.55. The molecule has 29 heavy (non-hydrogen) atoms. The second-order valence-electron chi connectivity index (χ2n) is 7.42. The molecule has 4 rings (SSSR count). The van der Waals surface area contributed by atoms with Crippen molar-refractivity contribution in [3.63, 3.8) is 0 Å². The first-order valence-electron chi connectivity index (χ1n) is 9.76. The number of carbonyl (C=O) groups is 1. The number of hydrogen-bond acceptors (Lipinski definition) is 4. The normalized spacial score (nSPS) is 18.6. The van der Waals surface area contributed by atoms with Gasteiger partial charge in [-0.3, -0.25) is 4.79 Å². The van der Waals surface area contributed by atoms with Crippen molar-refractivity contribution in [3.05, 3.63) is 57.6 Å². The highest BCUT2D eigenvalue weighted by Crippen LogP contribution is 2.26. The van der Waals surface area contributed by atoms with E-state index in [1.165, 1.54) is 23.3 Å². The van der Waals surface area contributed by atoms with Crippen molar-refractivity contribution in [1.29, 1.82) is 0 Å². The monoisotopic (exact) mass is 478 g/mol. The second-order valence-corrected chi connectivity index (χ2v) is 10.0. The van der Waals surface area contributed by atoms with Crippen molar-refractivity contribution in [1.82, 2.24) is 4.72 Å². The van der Waals surface area contributed by atoms with Gasteiger partial charge in [0.2, 0.25) is 10.0 Å². The molecule has 1 atom stereocenters. The molecule has 1 fully saturated rings. The lowest BCUT2D eigenvalue weighted by Crippen LogP contribution is -2.32. The Morgan fingerprint density at radius 3 is 2.72 bits per heavy atom. The van der Waals surface area contributed by atoms with E-state index in [-0.39, 0.29) is 29.0 Å². The van der Waals surface area contributed by atoms with Gasteiger partial charge in [-0.25, -0.2) is 13.1 Å². The van der Waals surface area contributed by atoms with Gasteiger partial charge >= 0.3 is 0 Å². The third-order valence-electron chi connectivity index (χ3n) is 5.37. The molecule has 0 spiro atoms. The van der Waals surface area contributed by atoms with Crippen LogP contribution in [0.2, 0.25) is 0 Å². The van der Waals surface area contributed by atoms with Crippen molar-refractivity contribution in [2.24, 2.45) is 0 Å². The van der Waals surface area contributed by atoms with Crippen molar-refractivity contribution in [2.45, 2.75) is 43.1 Å². The van der Waals surface area contributed by atoms with Crippen LogP contribution in [0.5, 0.6) is 0 Å². The van der Waals surface area contributed by atoms with Gasteiger partial charge in [0.1, 0.15) is 0 Å². The predicted octanol–water partition coefficient (Wildman–Crippen LogP) is 3.65. The van der Waals surface area contributed by atoms with Crippen LogP contribution in [0.3, 0.4) is 0 Å². The summed E-state index contributed by atoms with van der Waals surface area (Å²) in [6.07, 6.45) is 4.93. The summed E-state index contributed by atoms with van der Waals surface area (Å²) in [7, 11) is -3.73. The van der Waals surface area contributed by atoms with Crippen LogP contribution in [0.4, 0.5) is 5.69 Å². The van der Waals surface area contributed by atoms with Gasteiger partial charge in [0.25, 0.3) is 5.91 Å². The van der Waals surface area contributed by atoms with Gasteiger partial charge in [0.05, 0.1) is 16.6 Å². The highest BCUT2D eigenvalue weighted by molar-refractivity contribution is 9.10. The summed E-state index contributed by atoms with van der Waals surface area (Å²) in [4.78, 5) is 12.9. The van der Waals surface area contributed by atoms with Crippen LogP contribution >= 0.6 is 15.9 Å². The van der Waals surface area contributed by atoms with Crippen LogP contribution < -0.4 is 10.0 Å². The molecular weight excluding hydrogens is 456 g/mol. The summed E-state index contributed by atoms with van der Waals surface area (Å²) >= 11 is 3.36. The molecule has 2 aromatic carbocycles. The van der Waals surface area contributed by atoms with Crippen molar-refractivity contribution in [3.8, 4) is 0 Å². The first kappa shape index (κ1) is 20.5. The fourth-order valence-corrected chi connectivity index (χ4v) is 5.30. The van der Waals surface area contributed by atoms with Gasteiger partial charge in [0, 0.05) is 23.3 Å². The van der Waals surface area contributed by atoms with Crippen molar-refractivity contribution < 1.29 is 17.9 Å². The first-order valence-corrected chi connectivity index (χ1v) is 12.0. The Morgan fingerprint density at radius 1 is 1.10 bits per heavy atom. The third kappa shape index (κ3) is 4.71. The number of nitrogens with one attached hydrogen (secondary N) is 2. The van der Waals surface area contributed by atoms with Gasteiger partial charge in [0.15, 0.2) is 0 Å². The summed E-state index contributed by atoms with van der Waals surface area (Å²) in [6, 6.07) is 10.4. The quantitative estimate of drug-likeness (QED) is 0.663. The number of fused-ring (bicyclic) bond motifs is 1. The van der Waals surface area contributed by atoms with E-state index in [0.29, 0.717) is 16.8 Å². The zero-order chi connectivity index (χ0) is 20.4. The van der Waals surface area contributed by atoms with E-state index in [0.717, 1.165) is 32.1 Å². The van der Waals surface area contributed by atoms with E-state index in [4.69, 9.17) is 4.74 Å². The molecule has 0 aromatic heterocycles. The number of benzene rings is 2. The topological polar surface area (TPSA) is 84.5 Å². The zero-order valence-corrected chi connectivity index (χ0v) is 18.3. The Morgan fingerprint density at radius 2 is 1.93 bits per heavy atom. The summed E-state index contributed by atoms with van der Waals surface area (Å²) < 4.78 is 33.9. The maximum absolute atomic E-state index is 12.8. The Balaban J connectivity index is 1.50. The van der Waals surface area contributed by atoms with Gasteiger partial charge in [-0.15, -0.1) is 0 Å². The molecule has 6 nitrogen and oxygen atoms in total. The Bertz CT molecular complexity index is 1030. The average molecular weight is 479 g/mol. The third-order valence-corrected chi connectivity index (χ3v) is 7.49. The molecule has 2 N–H and O–H groups in total. The molecule has 1 amide bonds. The van der Waals surface area contributed by atoms with Crippen LogP contribution in [0, 0.1) is 0 Å². The summed E-state index contributed by atoms with van der Waals surface area (Å²) in [5.74, 6) is -0.356. The van der Waals surface area contributed by atoms with Crippen LogP contribution in [0.25, 0.3) is 0 Å². The fraction of sp³-hybridized carbons (Fsp3) is 0.381. The molecule has 8 heteroatoms. The molecule has 1 saturated heterocycles. The van der Waals surface area contributed by atoms with E-state index in [1.807, 2.05) is 18.2 Å². The average Bonchev–Trinajstić information content (AvgIpc) is 3.38. The summed E-state index contributed by atoms with van der Waals surface area (Å²) in [5.41, 5.74) is 3.57. The molecule has 2 aromatic rings. The number of sulfonamides is 1. The maximum Gasteiger partial charge on any atom is 0.256 e. The summed E-state index contributed by atoms with van der Waals surface area (Å²) in [5, 5.41) is 2.88. The first-order chi connectivity index (χ1) is 13.9. The van der Waals surface area contributed by atoms with Gasteiger partial charge < -0.3 is 10.1 Å². The molecule has 1 aliphatic carbocycles. The highest BCUT2D eigenvalue weighted by Gasteiger charge is 2.22. The number of rotatable bonds is 6. The smallest absolute Gasteiger partial charge is 0.256 e. The van der Waals surface area contributed by atoms with Gasteiger partial charge in [-0.1, -0.05) is 6.07 Å².